The van der Waals surface area contributed by atoms with Gasteiger partial charge in [0, 0.05) is 31.7 Å². The van der Waals surface area contributed by atoms with Crippen molar-refractivity contribution in [3.63, 3.8) is 0 Å². The molecule has 1 atom stereocenters. The van der Waals surface area contributed by atoms with Gasteiger partial charge in [0.15, 0.2) is 17.7 Å². The number of carbonyl (C=O) groups excluding carboxylic acids is 2. The third kappa shape index (κ3) is 4.42. The lowest BCUT2D eigenvalue weighted by molar-refractivity contribution is -0.139. The average Bonchev–Trinajstić information content (AvgIpc) is 2.70. The number of hydrogen-bond donors (Lipinski definition) is 0. The fraction of sp³-hybridized carbons (Fsp3) is 0.300. The zero-order valence-corrected chi connectivity index (χ0v) is 16.0. The standard InChI is InChI=1S/C20H19ClF2N2O3/c1-13(28-18-5-3-2-4-15(18)21)19(26)24-8-10-25(11-9-24)20(27)14-6-7-16(22)17(23)12-14/h2-7,12-13H,8-11H2,1H3. The number of ether oxygens (including phenoxy) is 1. The van der Waals surface area contributed by atoms with Crippen LogP contribution in [0.15, 0.2) is 42.5 Å². The molecule has 0 bridgehead atoms. The quantitative estimate of drug-likeness (QED) is 0.779. The summed E-state index contributed by atoms with van der Waals surface area (Å²) >= 11 is 6.05. The zero-order valence-electron chi connectivity index (χ0n) is 15.2. The van der Waals surface area contributed by atoms with Crippen LogP contribution in [0.3, 0.4) is 0 Å². The van der Waals surface area contributed by atoms with E-state index >= 15 is 0 Å². The van der Waals surface area contributed by atoms with E-state index < -0.39 is 23.6 Å². The number of carbonyl (C=O) groups is 2. The van der Waals surface area contributed by atoms with Crippen LogP contribution in [0.1, 0.15) is 17.3 Å². The monoisotopic (exact) mass is 408 g/mol. The molecule has 3 rings (SSSR count). The molecule has 2 aromatic rings. The van der Waals surface area contributed by atoms with Crippen molar-refractivity contribution in [2.45, 2.75) is 13.0 Å². The first-order valence-electron chi connectivity index (χ1n) is 8.81. The molecule has 148 valence electrons. The van der Waals surface area contributed by atoms with Gasteiger partial charge in [0.1, 0.15) is 5.75 Å². The van der Waals surface area contributed by atoms with Crippen molar-refractivity contribution >= 4 is 23.4 Å². The number of halogens is 3. The molecule has 1 unspecified atom stereocenters. The molecule has 1 aliphatic rings. The lowest BCUT2D eigenvalue weighted by Crippen LogP contribution is -2.53. The summed E-state index contributed by atoms with van der Waals surface area (Å²) in [5.41, 5.74) is 0.0779. The molecule has 1 fully saturated rings. The molecular weight excluding hydrogens is 390 g/mol. The molecule has 2 amide bonds. The molecule has 0 saturated carbocycles. The van der Waals surface area contributed by atoms with Crippen LogP contribution in [0.2, 0.25) is 5.02 Å². The molecule has 0 aromatic heterocycles. The Hall–Kier alpha value is -2.67. The number of nitrogens with zero attached hydrogens (tertiary/aromatic N) is 2. The fourth-order valence-electron chi connectivity index (χ4n) is 2.98. The van der Waals surface area contributed by atoms with E-state index in [2.05, 4.69) is 0 Å². The second-order valence-corrected chi connectivity index (χ2v) is 6.84. The molecular formula is C20H19ClF2N2O3. The molecule has 2 aromatic carbocycles. The number of rotatable bonds is 4. The van der Waals surface area contributed by atoms with Crippen molar-refractivity contribution in [1.29, 1.82) is 0 Å². The molecule has 8 heteroatoms. The van der Waals surface area contributed by atoms with Crippen LogP contribution < -0.4 is 4.74 Å². The molecule has 1 saturated heterocycles. The lowest BCUT2D eigenvalue weighted by Gasteiger charge is -2.36. The van der Waals surface area contributed by atoms with Gasteiger partial charge in [0.25, 0.3) is 11.8 Å². The number of hydrogen-bond acceptors (Lipinski definition) is 3. The van der Waals surface area contributed by atoms with Gasteiger partial charge in [-0.2, -0.15) is 0 Å². The van der Waals surface area contributed by atoms with Crippen LogP contribution in [0, 0.1) is 11.6 Å². The Kier molecular flexibility index (Phi) is 6.14. The summed E-state index contributed by atoms with van der Waals surface area (Å²) in [7, 11) is 0. The maximum absolute atomic E-state index is 13.3. The summed E-state index contributed by atoms with van der Waals surface area (Å²) in [4.78, 5) is 28.2. The van der Waals surface area contributed by atoms with E-state index in [4.69, 9.17) is 16.3 Å². The highest BCUT2D eigenvalue weighted by Crippen LogP contribution is 2.24. The minimum absolute atomic E-state index is 0.0779. The van der Waals surface area contributed by atoms with Crippen molar-refractivity contribution < 1.29 is 23.1 Å². The molecule has 0 spiro atoms. The number of piperazine rings is 1. The highest BCUT2D eigenvalue weighted by atomic mass is 35.5. The van der Waals surface area contributed by atoms with Crippen LogP contribution in [-0.2, 0) is 4.79 Å². The van der Waals surface area contributed by atoms with Crippen LogP contribution in [0.5, 0.6) is 5.75 Å². The Morgan fingerprint density at radius 1 is 1.00 bits per heavy atom. The van der Waals surface area contributed by atoms with Gasteiger partial charge in [-0.3, -0.25) is 9.59 Å². The van der Waals surface area contributed by atoms with Gasteiger partial charge in [-0.25, -0.2) is 8.78 Å². The SMILES string of the molecule is CC(Oc1ccccc1Cl)C(=O)N1CCN(C(=O)c2ccc(F)c(F)c2)CC1. The lowest BCUT2D eigenvalue weighted by atomic mass is 10.1. The van der Waals surface area contributed by atoms with Crippen LogP contribution >= 0.6 is 11.6 Å². The second kappa shape index (κ2) is 8.56. The Morgan fingerprint density at radius 3 is 2.29 bits per heavy atom. The van der Waals surface area contributed by atoms with Crippen LogP contribution in [0.4, 0.5) is 8.78 Å². The first-order chi connectivity index (χ1) is 13.4. The van der Waals surface area contributed by atoms with Crippen molar-refractivity contribution in [1.82, 2.24) is 9.80 Å². The van der Waals surface area contributed by atoms with Crippen molar-refractivity contribution in [3.8, 4) is 5.75 Å². The van der Waals surface area contributed by atoms with E-state index in [9.17, 15) is 18.4 Å². The average molecular weight is 409 g/mol. The fourth-order valence-corrected chi connectivity index (χ4v) is 3.16. The highest BCUT2D eigenvalue weighted by molar-refractivity contribution is 6.32. The van der Waals surface area contributed by atoms with Crippen LogP contribution in [-0.4, -0.2) is 53.9 Å². The van der Waals surface area contributed by atoms with Gasteiger partial charge in [-0.15, -0.1) is 0 Å². The van der Waals surface area contributed by atoms with Gasteiger partial charge < -0.3 is 14.5 Å². The summed E-state index contributed by atoms with van der Waals surface area (Å²) in [6.45, 7) is 2.88. The first kappa shape index (κ1) is 20.1. The Morgan fingerprint density at radius 2 is 1.64 bits per heavy atom. The maximum atomic E-state index is 13.3. The van der Waals surface area contributed by atoms with Gasteiger partial charge in [0.05, 0.1) is 5.02 Å². The van der Waals surface area contributed by atoms with E-state index in [1.54, 1.807) is 36.1 Å². The van der Waals surface area contributed by atoms with Crippen LogP contribution in [0.25, 0.3) is 0 Å². The molecule has 28 heavy (non-hydrogen) atoms. The predicted octanol–water partition coefficient (Wildman–Crippen LogP) is 3.37. The van der Waals surface area contributed by atoms with Gasteiger partial charge in [0.2, 0.25) is 0 Å². The van der Waals surface area contributed by atoms with E-state index in [0.717, 1.165) is 12.1 Å². The van der Waals surface area contributed by atoms with E-state index in [1.165, 1.54) is 11.0 Å². The minimum Gasteiger partial charge on any atom is -0.479 e. The van der Waals surface area contributed by atoms with Gasteiger partial charge in [-0.05, 0) is 37.3 Å². The highest BCUT2D eigenvalue weighted by Gasteiger charge is 2.28. The van der Waals surface area contributed by atoms with E-state index in [-0.39, 0.29) is 11.5 Å². The van der Waals surface area contributed by atoms with Gasteiger partial charge >= 0.3 is 0 Å². The molecule has 0 N–H and O–H groups in total. The van der Waals surface area contributed by atoms with E-state index in [1.807, 2.05) is 0 Å². The van der Waals surface area contributed by atoms with Crippen molar-refractivity contribution in [2.75, 3.05) is 26.2 Å². The largest absolute Gasteiger partial charge is 0.479 e. The first-order valence-corrected chi connectivity index (χ1v) is 9.19. The minimum atomic E-state index is -1.06. The molecule has 1 heterocycles. The molecule has 0 radical (unpaired) electrons. The summed E-state index contributed by atoms with van der Waals surface area (Å²) in [5, 5.41) is 0.420. The predicted molar refractivity (Wildman–Crippen MR) is 100 cm³/mol. The van der Waals surface area contributed by atoms with Crippen molar-refractivity contribution in [3.05, 3.63) is 64.7 Å². The Balaban J connectivity index is 1.57. The smallest absolute Gasteiger partial charge is 0.263 e. The molecule has 0 aliphatic carbocycles. The number of benzene rings is 2. The summed E-state index contributed by atoms with van der Waals surface area (Å²) in [5.74, 6) is -2.24. The number of para-hydroxylation sites is 1. The molecule has 1 aliphatic heterocycles. The third-order valence-corrected chi connectivity index (χ3v) is 4.85. The second-order valence-electron chi connectivity index (χ2n) is 6.44. The topological polar surface area (TPSA) is 49.9 Å². The van der Waals surface area contributed by atoms with Gasteiger partial charge in [-0.1, -0.05) is 23.7 Å². The normalized spacial score (nSPS) is 15.3. The van der Waals surface area contributed by atoms with E-state index in [0.29, 0.717) is 37.0 Å². The molecule has 5 nitrogen and oxygen atoms in total. The maximum Gasteiger partial charge on any atom is 0.263 e. The summed E-state index contributed by atoms with van der Waals surface area (Å²) in [6.07, 6.45) is -0.728. The Bertz CT molecular complexity index is 886. The van der Waals surface area contributed by atoms with Crippen molar-refractivity contribution in [2.24, 2.45) is 0 Å². The zero-order chi connectivity index (χ0) is 20.3. The summed E-state index contributed by atoms with van der Waals surface area (Å²) < 4.78 is 32.0. The Labute approximate surface area is 166 Å². The number of amides is 2. The third-order valence-electron chi connectivity index (χ3n) is 4.53. The summed E-state index contributed by atoms with van der Waals surface area (Å²) in [6, 6.07) is 9.95.